The highest BCUT2D eigenvalue weighted by atomic mass is 15.0. The van der Waals surface area contributed by atoms with Gasteiger partial charge in [0, 0.05) is 16.5 Å². The van der Waals surface area contributed by atoms with Gasteiger partial charge < -0.3 is 4.57 Å². The third kappa shape index (κ3) is 4.70. The fourth-order valence-corrected chi connectivity index (χ4v) is 8.23. The summed E-state index contributed by atoms with van der Waals surface area (Å²) in [7, 11) is 0. The van der Waals surface area contributed by atoms with Gasteiger partial charge in [0.05, 0.1) is 11.0 Å². The van der Waals surface area contributed by atoms with E-state index in [0.717, 1.165) is 0 Å². The van der Waals surface area contributed by atoms with Gasteiger partial charge in [0.1, 0.15) is 0 Å². The Kier molecular flexibility index (Phi) is 6.89. The maximum absolute atomic E-state index is 2.41. The van der Waals surface area contributed by atoms with Gasteiger partial charge in [-0.2, -0.15) is 0 Å². The van der Waals surface area contributed by atoms with Gasteiger partial charge in [-0.15, -0.1) is 0 Å². The van der Waals surface area contributed by atoms with Crippen molar-refractivity contribution in [2.24, 2.45) is 0 Å². The van der Waals surface area contributed by atoms with Crippen LogP contribution in [0.25, 0.3) is 93.5 Å². The van der Waals surface area contributed by atoms with E-state index in [0.29, 0.717) is 0 Å². The third-order valence-electron chi connectivity index (χ3n) is 10.4. The Morgan fingerprint density at radius 1 is 0.255 bits per heavy atom. The average molecular weight is 648 g/mol. The molecule has 0 radical (unpaired) electrons. The third-order valence-corrected chi connectivity index (χ3v) is 10.4. The zero-order valence-electron chi connectivity index (χ0n) is 28.0. The molecule has 10 rings (SSSR count). The largest absolute Gasteiger partial charge is 0.309 e. The van der Waals surface area contributed by atoms with E-state index < -0.39 is 0 Å². The number of hydrogen-bond acceptors (Lipinski definition) is 0. The molecule has 1 heteroatoms. The van der Waals surface area contributed by atoms with Crippen molar-refractivity contribution in [3.05, 3.63) is 200 Å². The summed E-state index contributed by atoms with van der Waals surface area (Å²) in [4.78, 5) is 0. The zero-order valence-corrected chi connectivity index (χ0v) is 28.0. The normalized spacial score (nSPS) is 11.5. The number of aromatic nitrogens is 1. The van der Waals surface area contributed by atoms with Crippen LogP contribution in [0.5, 0.6) is 0 Å². The Morgan fingerprint density at radius 3 is 1.27 bits per heavy atom. The lowest BCUT2D eigenvalue weighted by atomic mass is 9.81. The van der Waals surface area contributed by atoms with E-state index in [1.54, 1.807) is 0 Å². The van der Waals surface area contributed by atoms with Crippen LogP contribution in [-0.2, 0) is 0 Å². The van der Waals surface area contributed by atoms with Crippen molar-refractivity contribution >= 4 is 43.4 Å². The molecule has 9 aromatic carbocycles. The van der Waals surface area contributed by atoms with E-state index in [1.165, 1.54) is 93.5 Å². The Bertz CT molecular complexity index is 2770. The Morgan fingerprint density at radius 2 is 0.706 bits per heavy atom. The average Bonchev–Trinajstić information content (AvgIpc) is 3.54. The number of fused-ring (bicyclic) bond motifs is 5. The predicted octanol–water partition coefficient (Wildman–Crippen LogP) is 13.8. The molecule has 0 aliphatic rings. The molecule has 1 aromatic heterocycles. The summed E-state index contributed by atoms with van der Waals surface area (Å²) in [5.74, 6) is 0. The molecule has 0 aliphatic heterocycles. The van der Waals surface area contributed by atoms with Crippen LogP contribution in [0, 0.1) is 0 Å². The summed E-state index contributed by atoms with van der Waals surface area (Å²) >= 11 is 0. The highest BCUT2D eigenvalue weighted by molar-refractivity contribution is 6.24. The number of rotatable bonds is 5. The van der Waals surface area contributed by atoms with E-state index in [-0.39, 0.29) is 0 Å². The Labute approximate surface area is 297 Å². The monoisotopic (exact) mass is 647 g/mol. The van der Waals surface area contributed by atoms with Gasteiger partial charge in [-0.1, -0.05) is 170 Å². The van der Waals surface area contributed by atoms with E-state index in [1.807, 2.05) is 0 Å². The molecular weight excluding hydrogens is 615 g/mol. The minimum atomic E-state index is 1.17. The van der Waals surface area contributed by atoms with Crippen LogP contribution in [0.3, 0.4) is 0 Å². The van der Waals surface area contributed by atoms with Crippen LogP contribution in [0.2, 0.25) is 0 Å². The lowest BCUT2D eigenvalue weighted by molar-refractivity contribution is 1.18. The van der Waals surface area contributed by atoms with E-state index >= 15 is 0 Å². The second-order valence-electron chi connectivity index (χ2n) is 13.2. The maximum atomic E-state index is 2.41. The van der Waals surface area contributed by atoms with E-state index in [9.17, 15) is 0 Å². The molecule has 0 saturated carbocycles. The molecular formula is C50H33N. The van der Waals surface area contributed by atoms with E-state index in [2.05, 4.69) is 205 Å². The molecule has 0 unspecified atom stereocenters. The first-order chi connectivity index (χ1) is 25.3. The molecule has 1 heterocycles. The van der Waals surface area contributed by atoms with E-state index in [4.69, 9.17) is 0 Å². The fourth-order valence-electron chi connectivity index (χ4n) is 8.23. The van der Waals surface area contributed by atoms with Gasteiger partial charge in [0.2, 0.25) is 0 Å². The number of benzene rings is 9. The first kappa shape index (κ1) is 29.2. The van der Waals surface area contributed by atoms with Gasteiger partial charge in [-0.3, -0.25) is 0 Å². The smallest absolute Gasteiger partial charge is 0.0541 e. The van der Waals surface area contributed by atoms with Gasteiger partial charge in [-0.25, -0.2) is 0 Å². The molecule has 0 bridgehead atoms. The molecule has 0 spiro atoms. The summed E-state index contributed by atoms with van der Waals surface area (Å²) in [5, 5.41) is 7.51. The number of nitrogens with zero attached hydrogens (tertiary/aromatic N) is 1. The van der Waals surface area contributed by atoms with Crippen molar-refractivity contribution in [2.75, 3.05) is 0 Å². The molecule has 1 nitrogen and oxygen atoms in total. The summed E-state index contributed by atoms with van der Waals surface area (Å²) in [5.41, 5.74) is 13.5. The predicted molar refractivity (Wildman–Crippen MR) is 218 cm³/mol. The van der Waals surface area contributed by atoms with Gasteiger partial charge in [0.25, 0.3) is 0 Å². The van der Waals surface area contributed by atoms with Gasteiger partial charge in [-0.05, 0) is 96.4 Å². The summed E-state index contributed by atoms with van der Waals surface area (Å²) in [6.45, 7) is 0. The summed E-state index contributed by atoms with van der Waals surface area (Å²) in [6.07, 6.45) is 0. The molecule has 10 aromatic rings. The zero-order chi connectivity index (χ0) is 33.7. The van der Waals surface area contributed by atoms with Crippen molar-refractivity contribution in [3.63, 3.8) is 0 Å². The molecule has 51 heavy (non-hydrogen) atoms. The van der Waals surface area contributed by atoms with Crippen LogP contribution in [0.15, 0.2) is 200 Å². The molecule has 0 atom stereocenters. The van der Waals surface area contributed by atoms with Crippen molar-refractivity contribution in [2.45, 2.75) is 0 Å². The summed E-state index contributed by atoms with van der Waals surface area (Å²) in [6, 6.07) is 72.9. The van der Waals surface area contributed by atoms with Crippen molar-refractivity contribution in [1.29, 1.82) is 0 Å². The van der Waals surface area contributed by atoms with Crippen molar-refractivity contribution in [1.82, 2.24) is 4.57 Å². The first-order valence-electron chi connectivity index (χ1n) is 17.6. The van der Waals surface area contributed by atoms with Crippen LogP contribution >= 0.6 is 0 Å². The minimum Gasteiger partial charge on any atom is -0.309 e. The second-order valence-corrected chi connectivity index (χ2v) is 13.2. The topological polar surface area (TPSA) is 4.93 Å². The minimum absolute atomic E-state index is 1.17. The highest BCUT2D eigenvalue weighted by Crippen LogP contribution is 2.49. The number of hydrogen-bond donors (Lipinski definition) is 0. The molecule has 0 saturated heterocycles. The highest BCUT2D eigenvalue weighted by Gasteiger charge is 2.22. The Balaban J connectivity index is 1.31. The lowest BCUT2D eigenvalue weighted by Crippen LogP contribution is -1.95. The first-order valence-corrected chi connectivity index (χ1v) is 17.6. The van der Waals surface area contributed by atoms with Crippen LogP contribution < -0.4 is 0 Å². The molecule has 0 N–H and O–H groups in total. The second kappa shape index (κ2) is 12.0. The Hall–Kier alpha value is -6.70. The standard InChI is InChI=1S/C50H33N/c1-4-17-34(18-5-1)38-28-16-29-39(35-19-6-2-7-20-35)49(38)50-43-26-12-10-24-41(43)48(42-25-11-13-27-44(42)50)36-31-32-47-45(33-36)40-23-14-15-30-46(40)51(47)37-21-8-3-9-22-37/h1-33H. The quantitative estimate of drug-likeness (QED) is 0.164. The molecule has 0 aliphatic carbocycles. The van der Waals surface area contributed by atoms with Gasteiger partial charge in [0.15, 0.2) is 0 Å². The lowest BCUT2D eigenvalue weighted by Gasteiger charge is -2.22. The van der Waals surface area contributed by atoms with Crippen LogP contribution in [-0.4, -0.2) is 4.57 Å². The van der Waals surface area contributed by atoms with Crippen molar-refractivity contribution < 1.29 is 0 Å². The SMILES string of the molecule is c1ccc(-c2cccc(-c3ccccc3)c2-c2c3ccccc3c(-c3ccc4c(c3)c3ccccc3n4-c3ccccc3)c3ccccc23)cc1. The number of para-hydroxylation sites is 2. The molecule has 238 valence electrons. The molecule has 0 amide bonds. The maximum Gasteiger partial charge on any atom is 0.0541 e. The van der Waals surface area contributed by atoms with Crippen molar-refractivity contribution in [3.8, 4) is 50.2 Å². The fraction of sp³-hybridized carbons (Fsp3) is 0. The van der Waals surface area contributed by atoms with Gasteiger partial charge >= 0.3 is 0 Å². The summed E-state index contributed by atoms with van der Waals surface area (Å²) < 4.78 is 2.39. The molecule has 0 fully saturated rings. The van der Waals surface area contributed by atoms with Crippen LogP contribution in [0.1, 0.15) is 0 Å². The van der Waals surface area contributed by atoms with Crippen LogP contribution in [0.4, 0.5) is 0 Å².